The molecule has 2 fully saturated rings. The number of rotatable bonds is 2. The molecule has 1 saturated heterocycles. The molecule has 3 atom stereocenters. The van der Waals surface area contributed by atoms with Gasteiger partial charge in [-0.15, -0.1) is 0 Å². The van der Waals surface area contributed by atoms with Crippen molar-refractivity contribution in [2.75, 3.05) is 6.54 Å². The molecule has 0 radical (unpaired) electrons. The Hall–Kier alpha value is -1.76. The van der Waals surface area contributed by atoms with E-state index in [1.807, 2.05) is 18.2 Å². The molecule has 1 aliphatic carbocycles. The molecule has 3 rings (SSSR count). The van der Waals surface area contributed by atoms with Crippen molar-refractivity contribution in [3.63, 3.8) is 0 Å². The van der Waals surface area contributed by atoms with Crippen molar-refractivity contribution in [1.82, 2.24) is 4.90 Å². The van der Waals surface area contributed by atoms with Crippen molar-refractivity contribution in [2.45, 2.75) is 37.3 Å². The molecule has 22 heavy (non-hydrogen) atoms. The van der Waals surface area contributed by atoms with Crippen molar-refractivity contribution in [3.8, 4) is 0 Å². The van der Waals surface area contributed by atoms with Crippen molar-refractivity contribution >= 4 is 6.09 Å². The largest absolute Gasteiger partial charge is 0.445 e. The van der Waals surface area contributed by atoms with Crippen molar-refractivity contribution in [2.24, 2.45) is 5.92 Å². The maximum atomic E-state index is 12.8. The van der Waals surface area contributed by atoms with Gasteiger partial charge in [0.2, 0.25) is 0 Å². The van der Waals surface area contributed by atoms with Crippen LogP contribution >= 0.6 is 0 Å². The summed E-state index contributed by atoms with van der Waals surface area (Å²) in [7, 11) is 0. The second-order valence-electron chi connectivity index (χ2n) is 5.82. The van der Waals surface area contributed by atoms with Crippen molar-refractivity contribution < 1.29 is 27.8 Å². The highest BCUT2D eigenvalue weighted by Gasteiger charge is 2.71. The number of halogens is 3. The normalized spacial score (nSPS) is 30.6. The fraction of sp³-hybridized carbons (Fsp3) is 0.533. The van der Waals surface area contributed by atoms with Crippen molar-refractivity contribution in [3.05, 3.63) is 35.9 Å². The number of fused-ring (bicyclic) bond motifs is 1. The maximum Gasteiger partial charge on any atom is 0.417 e. The van der Waals surface area contributed by atoms with Gasteiger partial charge in [0.05, 0.1) is 0 Å². The molecule has 1 aromatic carbocycles. The molecule has 2 aliphatic rings. The summed E-state index contributed by atoms with van der Waals surface area (Å²) >= 11 is 0. The number of carbonyl (C=O) groups is 1. The Morgan fingerprint density at radius 2 is 2.05 bits per heavy atom. The first-order valence-electron chi connectivity index (χ1n) is 7.09. The lowest BCUT2D eigenvalue weighted by Crippen LogP contribution is -2.66. The minimum atomic E-state index is -4.65. The second-order valence-corrected chi connectivity index (χ2v) is 5.82. The van der Waals surface area contributed by atoms with E-state index in [1.54, 1.807) is 12.1 Å². The molecule has 0 unspecified atom stereocenters. The van der Waals surface area contributed by atoms with Gasteiger partial charge in [-0.25, -0.2) is 4.79 Å². The number of alkyl halides is 3. The third-order valence-electron chi connectivity index (χ3n) is 4.61. The van der Waals surface area contributed by atoms with Crippen LogP contribution in [0.1, 0.15) is 18.4 Å². The Morgan fingerprint density at radius 1 is 1.36 bits per heavy atom. The van der Waals surface area contributed by atoms with Gasteiger partial charge in [0.15, 0.2) is 5.60 Å². The van der Waals surface area contributed by atoms with Gasteiger partial charge in [0.1, 0.15) is 6.61 Å². The van der Waals surface area contributed by atoms with Crippen LogP contribution in [0.25, 0.3) is 0 Å². The molecule has 120 valence electrons. The standard InChI is InChI=1S/C15H16F3NO3/c16-15(17,18)14(21)8-12-11(14)6-7-19(12)13(20)22-9-10-4-2-1-3-5-10/h1-5,11-12,21H,6-9H2/t11-,12-,14+/m0/s1. The predicted molar refractivity (Wildman–Crippen MR) is 70.8 cm³/mol. The third-order valence-corrected chi connectivity index (χ3v) is 4.61. The van der Waals surface area contributed by atoms with Gasteiger partial charge < -0.3 is 14.7 Å². The lowest BCUT2D eigenvalue weighted by molar-refractivity contribution is -0.316. The molecule has 1 N–H and O–H groups in total. The van der Waals surface area contributed by atoms with Crippen LogP contribution in [-0.2, 0) is 11.3 Å². The molecule has 1 aromatic rings. The lowest BCUT2D eigenvalue weighted by Gasteiger charge is -2.50. The van der Waals surface area contributed by atoms with E-state index >= 15 is 0 Å². The molecule has 0 bridgehead atoms. The summed E-state index contributed by atoms with van der Waals surface area (Å²) in [5.74, 6) is -0.947. The summed E-state index contributed by atoms with van der Waals surface area (Å²) in [5.41, 5.74) is -1.85. The highest BCUT2D eigenvalue weighted by molar-refractivity contribution is 5.69. The molecule has 0 spiro atoms. The first kappa shape index (κ1) is 15.1. The SMILES string of the molecule is O=C(OCc1ccccc1)N1CC[C@H]2[C@@H]1C[C@]2(O)C(F)(F)F. The summed E-state index contributed by atoms with van der Waals surface area (Å²) < 4.78 is 43.7. The Labute approximate surface area is 125 Å². The zero-order chi connectivity index (χ0) is 16.0. The quantitative estimate of drug-likeness (QED) is 0.913. The molecule has 1 amide bonds. The highest BCUT2D eigenvalue weighted by atomic mass is 19.4. The molecule has 7 heteroatoms. The summed E-state index contributed by atoms with van der Waals surface area (Å²) in [4.78, 5) is 13.3. The second kappa shape index (κ2) is 5.15. The van der Waals surface area contributed by atoms with Crippen molar-refractivity contribution in [1.29, 1.82) is 0 Å². The predicted octanol–water partition coefficient (Wildman–Crippen LogP) is 2.71. The molecular weight excluding hydrogens is 299 g/mol. The van der Waals surface area contributed by atoms with Gasteiger partial charge in [0, 0.05) is 24.9 Å². The van der Waals surface area contributed by atoms with Crippen LogP contribution in [0.5, 0.6) is 0 Å². The number of carbonyl (C=O) groups excluding carboxylic acids is 1. The van der Waals surface area contributed by atoms with E-state index in [1.165, 1.54) is 4.90 Å². The van der Waals surface area contributed by atoms with E-state index in [4.69, 9.17) is 4.74 Å². The van der Waals surface area contributed by atoms with Gasteiger partial charge in [0.25, 0.3) is 0 Å². The number of aliphatic hydroxyl groups is 1. The first-order valence-corrected chi connectivity index (χ1v) is 7.09. The molecule has 1 heterocycles. The van der Waals surface area contributed by atoms with Gasteiger partial charge in [-0.1, -0.05) is 30.3 Å². The van der Waals surface area contributed by atoms with Gasteiger partial charge in [-0.3, -0.25) is 0 Å². The minimum absolute atomic E-state index is 0.0805. The maximum absolute atomic E-state index is 12.8. The van der Waals surface area contributed by atoms with E-state index < -0.39 is 36.3 Å². The Morgan fingerprint density at radius 3 is 2.68 bits per heavy atom. The highest BCUT2D eigenvalue weighted by Crippen LogP contribution is 2.55. The van der Waals surface area contributed by atoms with Crippen LogP contribution in [0.2, 0.25) is 0 Å². The summed E-state index contributed by atoms with van der Waals surface area (Å²) in [6.45, 7) is 0.262. The van der Waals surface area contributed by atoms with Crippen LogP contribution < -0.4 is 0 Å². The average molecular weight is 315 g/mol. The number of hydrogen-bond donors (Lipinski definition) is 1. The number of nitrogens with zero attached hydrogens (tertiary/aromatic N) is 1. The number of benzene rings is 1. The van der Waals surface area contributed by atoms with E-state index in [-0.39, 0.29) is 19.6 Å². The van der Waals surface area contributed by atoms with E-state index in [2.05, 4.69) is 0 Å². The Bertz CT molecular complexity index is 563. The summed E-state index contributed by atoms with van der Waals surface area (Å²) in [6.07, 6.45) is -5.61. The molecule has 1 saturated carbocycles. The minimum Gasteiger partial charge on any atom is -0.445 e. The molecule has 4 nitrogen and oxygen atoms in total. The Balaban J connectivity index is 1.58. The smallest absolute Gasteiger partial charge is 0.417 e. The van der Waals surface area contributed by atoms with Crippen LogP contribution in [0.4, 0.5) is 18.0 Å². The zero-order valence-corrected chi connectivity index (χ0v) is 11.7. The molecule has 0 aromatic heterocycles. The topological polar surface area (TPSA) is 49.8 Å². The van der Waals surface area contributed by atoms with E-state index in [9.17, 15) is 23.1 Å². The summed E-state index contributed by atoms with van der Waals surface area (Å²) in [5, 5.41) is 9.72. The first-order chi connectivity index (χ1) is 10.3. The van der Waals surface area contributed by atoms with Gasteiger partial charge in [-0.05, 0) is 12.0 Å². The number of amides is 1. The zero-order valence-electron chi connectivity index (χ0n) is 11.7. The number of likely N-dealkylation sites (tertiary alicyclic amines) is 1. The fourth-order valence-corrected chi connectivity index (χ4v) is 3.33. The number of hydrogen-bond acceptors (Lipinski definition) is 3. The van der Waals surface area contributed by atoms with Crippen LogP contribution in [0.15, 0.2) is 30.3 Å². The molecule has 1 aliphatic heterocycles. The fourth-order valence-electron chi connectivity index (χ4n) is 3.33. The van der Waals surface area contributed by atoms with E-state index in [0.29, 0.717) is 0 Å². The molecular formula is C15H16F3NO3. The number of ether oxygens (including phenoxy) is 1. The summed E-state index contributed by atoms with van der Waals surface area (Å²) in [6, 6.07) is 8.46. The lowest BCUT2D eigenvalue weighted by atomic mass is 9.65. The van der Waals surface area contributed by atoms with Crippen LogP contribution in [-0.4, -0.2) is 40.5 Å². The Kier molecular flexibility index (Phi) is 3.55. The third kappa shape index (κ3) is 2.33. The van der Waals surface area contributed by atoms with Crippen LogP contribution in [0.3, 0.4) is 0 Å². The van der Waals surface area contributed by atoms with Gasteiger partial charge >= 0.3 is 12.3 Å². The van der Waals surface area contributed by atoms with Gasteiger partial charge in [-0.2, -0.15) is 13.2 Å². The average Bonchev–Trinajstić information content (AvgIpc) is 2.82. The monoisotopic (exact) mass is 315 g/mol. The van der Waals surface area contributed by atoms with Crippen LogP contribution in [0, 0.1) is 5.92 Å². The van der Waals surface area contributed by atoms with E-state index in [0.717, 1.165) is 5.56 Å².